The topological polar surface area (TPSA) is 41.5 Å². The van der Waals surface area contributed by atoms with Crippen molar-refractivity contribution in [1.29, 1.82) is 0 Å². The Labute approximate surface area is 112 Å². The Morgan fingerprint density at radius 3 is 2.78 bits per heavy atom. The Balaban J connectivity index is 2.70. The van der Waals surface area contributed by atoms with E-state index in [1.807, 2.05) is 13.8 Å². The zero-order valence-corrected chi connectivity index (χ0v) is 11.4. The lowest BCUT2D eigenvalue weighted by Gasteiger charge is -2.16. The van der Waals surface area contributed by atoms with Crippen LogP contribution in [0.15, 0.2) is 18.2 Å². The van der Waals surface area contributed by atoms with Gasteiger partial charge in [-0.3, -0.25) is 0 Å². The number of rotatable bonds is 7. The minimum Gasteiger partial charge on any atom is -0.491 e. The Bertz CT molecular complexity index is 374. The molecule has 1 atom stereocenters. The molecule has 0 saturated carbocycles. The largest absolute Gasteiger partial charge is 0.491 e. The van der Waals surface area contributed by atoms with Crippen molar-refractivity contribution < 1.29 is 14.2 Å². The van der Waals surface area contributed by atoms with Gasteiger partial charge >= 0.3 is 0 Å². The van der Waals surface area contributed by atoms with Gasteiger partial charge in [0.05, 0.1) is 24.3 Å². The Kier molecular flexibility index (Phi) is 6.22. The van der Waals surface area contributed by atoms with Crippen molar-refractivity contribution in [1.82, 2.24) is 0 Å². The van der Waals surface area contributed by atoms with Gasteiger partial charge < -0.3 is 15.2 Å². The molecule has 0 aliphatic heterocycles. The van der Waals surface area contributed by atoms with Crippen molar-refractivity contribution in [3.63, 3.8) is 0 Å². The van der Waals surface area contributed by atoms with Gasteiger partial charge in [0.1, 0.15) is 11.6 Å². The molecule has 0 aliphatic carbocycles. The summed E-state index contributed by atoms with van der Waals surface area (Å²) in [5, 5.41) is 12.3. The molecule has 0 saturated heterocycles. The maximum Gasteiger partial charge on any atom is 0.142 e. The van der Waals surface area contributed by atoms with Crippen LogP contribution < -0.4 is 10.1 Å². The lowest BCUT2D eigenvalue weighted by atomic mass is 10.2. The van der Waals surface area contributed by atoms with Gasteiger partial charge in [-0.15, -0.1) is 11.6 Å². The predicted molar refractivity (Wildman–Crippen MR) is 71.9 cm³/mol. The number of ether oxygens (including phenoxy) is 1. The van der Waals surface area contributed by atoms with E-state index >= 15 is 0 Å². The molecule has 0 fully saturated rings. The van der Waals surface area contributed by atoms with Crippen LogP contribution in [-0.4, -0.2) is 30.2 Å². The zero-order chi connectivity index (χ0) is 13.5. The molecule has 5 heteroatoms. The highest BCUT2D eigenvalue weighted by molar-refractivity contribution is 6.18. The maximum absolute atomic E-state index is 13.2. The van der Waals surface area contributed by atoms with E-state index in [4.69, 9.17) is 16.3 Å². The average molecular weight is 276 g/mol. The zero-order valence-electron chi connectivity index (χ0n) is 10.6. The molecule has 18 heavy (non-hydrogen) atoms. The highest BCUT2D eigenvalue weighted by Crippen LogP contribution is 2.25. The Morgan fingerprint density at radius 1 is 1.44 bits per heavy atom. The first-order valence-corrected chi connectivity index (χ1v) is 6.46. The van der Waals surface area contributed by atoms with Crippen molar-refractivity contribution in [3.05, 3.63) is 24.0 Å². The SMILES string of the molecule is CC(C)COc1ccc(F)cc1NCC(O)CCl. The summed E-state index contributed by atoms with van der Waals surface area (Å²) in [4.78, 5) is 0. The molecule has 102 valence electrons. The quantitative estimate of drug-likeness (QED) is 0.752. The van der Waals surface area contributed by atoms with E-state index in [1.165, 1.54) is 12.1 Å². The van der Waals surface area contributed by atoms with E-state index in [2.05, 4.69) is 5.32 Å². The molecule has 0 aliphatic rings. The average Bonchev–Trinajstić information content (AvgIpc) is 2.34. The third-order valence-electron chi connectivity index (χ3n) is 2.22. The van der Waals surface area contributed by atoms with Crippen LogP contribution in [0.4, 0.5) is 10.1 Å². The highest BCUT2D eigenvalue weighted by atomic mass is 35.5. The molecule has 0 amide bonds. The summed E-state index contributed by atoms with van der Waals surface area (Å²) in [5.74, 6) is 0.739. The second-order valence-corrected chi connectivity index (χ2v) is 4.84. The van der Waals surface area contributed by atoms with Gasteiger partial charge in [-0.2, -0.15) is 0 Å². The van der Waals surface area contributed by atoms with Crippen LogP contribution in [0.3, 0.4) is 0 Å². The van der Waals surface area contributed by atoms with Gasteiger partial charge in [0, 0.05) is 12.6 Å². The molecule has 3 nitrogen and oxygen atoms in total. The number of hydrogen-bond acceptors (Lipinski definition) is 3. The van der Waals surface area contributed by atoms with Gasteiger partial charge in [-0.05, 0) is 18.1 Å². The summed E-state index contributed by atoms with van der Waals surface area (Å²) < 4.78 is 18.7. The summed E-state index contributed by atoms with van der Waals surface area (Å²) in [6.45, 7) is 4.88. The normalized spacial score (nSPS) is 12.6. The van der Waals surface area contributed by atoms with Gasteiger partial charge in [0.15, 0.2) is 0 Å². The maximum atomic E-state index is 13.2. The van der Waals surface area contributed by atoms with E-state index in [9.17, 15) is 9.50 Å². The third-order valence-corrected chi connectivity index (χ3v) is 2.58. The van der Waals surface area contributed by atoms with Gasteiger partial charge in [0.25, 0.3) is 0 Å². The molecule has 0 heterocycles. The number of halogens is 2. The van der Waals surface area contributed by atoms with Crippen molar-refractivity contribution in [3.8, 4) is 5.75 Å². The van der Waals surface area contributed by atoms with E-state index in [0.717, 1.165) is 0 Å². The summed E-state index contributed by atoms with van der Waals surface area (Å²) in [6, 6.07) is 4.27. The van der Waals surface area contributed by atoms with Crippen LogP contribution in [0.5, 0.6) is 5.75 Å². The highest BCUT2D eigenvalue weighted by Gasteiger charge is 2.08. The molecular weight excluding hydrogens is 257 g/mol. The molecular formula is C13H19ClFNO2. The number of anilines is 1. The second-order valence-electron chi connectivity index (χ2n) is 4.53. The summed E-state index contributed by atoms with van der Waals surface area (Å²) >= 11 is 5.50. The van der Waals surface area contributed by atoms with E-state index in [1.54, 1.807) is 6.07 Å². The predicted octanol–water partition coefficient (Wildman–Crippen LogP) is 2.87. The van der Waals surface area contributed by atoms with Crippen molar-refractivity contribution in [2.75, 3.05) is 24.3 Å². The monoisotopic (exact) mass is 275 g/mol. The Morgan fingerprint density at radius 2 is 2.17 bits per heavy atom. The summed E-state index contributed by atoms with van der Waals surface area (Å²) in [6.07, 6.45) is -0.673. The fraction of sp³-hybridized carbons (Fsp3) is 0.538. The minimum atomic E-state index is -0.673. The first-order chi connectivity index (χ1) is 8.52. The molecule has 1 aromatic carbocycles. The third kappa shape index (κ3) is 5.10. The molecule has 1 rings (SSSR count). The lowest BCUT2D eigenvalue weighted by Crippen LogP contribution is -2.21. The Hall–Kier alpha value is -1.00. The van der Waals surface area contributed by atoms with Crippen LogP contribution in [0.2, 0.25) is 0 Å². The van der Waals surface area contributed by atoms with Gasteiger partial charge in [-0.25, -0.2) is 4.39 Å². The van der Waals surface area contributed by atoms with Crippen LogP contribution in [0.25, 0.3) is 0 Å². The van der Waals surface area contributed by atoms with E-state index in [0.29, 0.717) is 24.0 Å². The number of benzene rings is 1. The summed E-state index contributed by atoms with van der Waals surface area (Å²) in [7, 11) is 0. The molecule has 1 aromatic rings. The number of alkyl halides is 1. The molecule has 0 aromatic heterocycles. The number of nitrogens with one attached hydrogen (secondary N) is 1. The van der Waals surface area contributed by atoms with Crippen LogP contribution >= 0.6 is 11.6 Å². The molecule has 2 N–H and O–H groups in total. The molecule has 1 unspecified atom stereocenters. The first-order valence-electron chi connectivity index (χ1n) is 5.93. The van der Waals surface area contributed by atoms with E-state index in [-0.39, 0.29) is 18.2 Å². The summed E-state index contributed by atoms with van der Waals surface area (Å²) in [5.41, 5.74) is 0.528. The van der Waals surface area contributed by atoms with Crippen LogP contribution in [-0.2, 0) is 0 Å². The van der Waals surface area contributed by atoms with Gasteiger partial charge in [0.2, 0.25) is 0 Å². The standard InChI is InChI=1S/C13H19ClFNO2/c1-9(2)8-18-13-4-3-10(15)5-12(13)16-7-11(17)6-14/h3-5,9,11,16-17H,6-8H2,1-2H3. The number of aliphatic hydroxyl groups excluding tert-OH is 1. The van der Waals surface area contributed by atoms with Crippen LogP contribution in [0.1, 0.15) is 13.8 Å². The second kappa shape index (κ2) is 7.44. The van der Waals surface area contributed by atoms with Crippen molar-refractivity contribution in [2.24, 2.45) is 5.92 Å². The fourth-order valence-electron chi connectivity index (χ4n) is 1.30. The number of hydrogen-bond donors (Lipinski definition) is 2. The van der Waals surface area contributed by atoms with E-state index < -0.39 is 6.10 Å². The smallest absolute Gasteiger partial charge is 0.142 e. The minimum absolute atomic E-state index is 0.129. The van der Waals surface area contributed by atoms with Crippen LogP contribution in [0, 0.1) is 11.7 Å². The van der Waals surface area contributed by atoms with Gasteiger partial charge in [-0.1, -0.05) is 13.8 Å². The molecule has 0 radical (unpaired) electrons. The first kappa shape index (κ1) is 15.1. The van der Waals surface area contributed by atoms with Crippen molar-refractivity contribution >= 4 is 17.3 Å². The van der Waals surface area contributed by atoms with Crippen molar-refractivity contribution in [2.45, 2.75) is 20.0 Å². The molecule has 0 spiro atoms. The number of aliphatic hydroxyl groups is 1. The lowest BCUT2D eigenvalue weighted by molar-refractivity contribution is 0.211. The fourth-order valence-corrected chi connectivity index (χ4v) is 1.41. The molecule has 0 bridgehead atoms.